The first-order valence-electron chi connectivity index (χ1n) is 5.75. The normalized spacial score (nSPS) is 10.3. The molecule has 0 fully saturated rings. The predicted octanol–water partition coefficient (Wildman–Crippen LogP) is 4.56. The predicted molar refractivity (Wildman–Crippen MR) is 77.1 cm³/mol. The molecule has 0 aliphatic heterocycles. The SMILES string of the molecule is Cc1ccc(Br)cc1Oc1ccc(C(=O)O)c(C)c1. The van der Waals surface area contributed by atoms with Crippen LogP contribution in [0.3, 0.4) is 0 Å². The summed E-state index contributed by atoms with van der Waals surface area (Å²) >= 11 is 3.40. The molecule has 3 nitrogen and oxygen atoms in total. The summed E-state index contributed by atoms with van der Waals surface area (Å²) < 4.78 is 6.72. The van der Waals surface area contributed by atoms with E-state index in [1.165, 1.54) is 0 Å². The largest absolute Gasteiger partial charge is 0.478 e. The van der Waals surface area contributed by atoms with E-state index in [4.69, 9.17) is 9.84 Å². The fraction of sp³-hybridized carbons (Fsp3) is 0.133. The number of carboxylic acid groups (broad SMARTS) is 1. The number of rotatable bonds is 3. The number of halogens is 1. The second-order valence-corrected chi connectivity index (χ2v) is 5.21. The minimum atomic E-state index is -0.928. The molecule has 0 unspecified atom stereocenters. The molecule has 19 heavy (non-hydrogen) atoms. The van der Waals surface area contributed by atoms with Gasteiger partial charge in [-0.1, -0.05) is 22.0 Å². The van der Waals surface area contributed by atoms with Crippen molar-refractivity contribution in [2.75, 3.05) is 0 Å². The third-order valence-electron chi connectivity index (χ3n) is 2.81. The Morgan fingerprint density at radius 1 is 1.11 bits per heavy atom. The highest BCUT2D eigenvalue weighted by Gasteiger charge is 2.09. The topological polar surface area (TPSA) is 46.5 Å². The van der Waals surface area contributed by atoms with Gasteiger partial charge in [0.2, 0.25) is 0 Å². The standard InChI is InChI=1S/C15H13BrO3/c1-9-3-4-11(16)8-14(9)19-12-5-6-13(15(17)18)10(2)7-12/h3-8H,1-2H3,(H,17,18). The monoisotopic (exact) mass is 320 g/mol. The van der Waals surface area contributed by atoms with E-state index in [0.717, 1.165) is 15.8 Å². The molecular formula is C15H13BrO3. The van der Waals surface area contributed by atoms with Gasteiger partial charge in [-0.05, 0) is 55.3 Å². The molecule has 4 heteroatoms. The quantitative estimate of drug-likeness (QED) is 0.902. The van der Waals surface area contributed by atoms with Crippen LogP contribution in [0.2, 0.25) is 0 Å². The number of aromatic carboxylic acids is 1. The molecule has 0 aliphatic rings. The molecule has 0 aliphatic carbocycles. The Hall–Kier alpha value is -1.81. The zero-order valence-electron chi connectivity index (χ0n) is 10.6. The lowest BCUT2D eigenvalue weighted by Crippen LogP contribution is -1.99. The Morgan fingerprint density at radius 2 is 1.84 bits per heavy atom. The van der Waals surface area contributed by atoms with Crippen molar-refractivity contribution in [1.29, 1.82) is 0 Å². The third-order valence-corrected chi connectivity index (χ3v) is 3.30. The van der Waals surface area contributed by atoms with Crippen molar-refractivity contribution in [3.63, 3.8) is 0 Å². The molecule has 0 radical (unpaired) electrons. The van der Waals surface area contributed by atoms with Crippen LogP contribution < -0.4 is 4.74 Å². The molecule has 2 rings (SSSR count). The zero-order chi connectivity index (χ0) is 14.0. The lowest BCUT2D eigenvalue weighted by atomic mass is 10.1. The van der Waals surface area contributed by atoms with Crippen molar-refractivity contribution < 1.29 is 14.6 Å². The van der Waals surface area contributed by atoms with Gasteiger partial charge in [0.15, 0.2) is 0 Å². The van der Waals surface area contributed by atoms with Gasteiger partial charge in [-0.3, -0.25) is 0 Å². The second kappa shape index (κ2) is 5.45. The summed E-state index contributed by atoms with van der Waals surface area (Å²) in [5, 5.41) is 8.98. The van der Waals surface area contributed by atoms with Crippen LogP contribution in [0.15, 0.2) is 40.9 Å². The maximum Gasteiger partial charge on any atom is 0.335 e. The van der Waals surface area contributed by atoms with Crippen molar-refractivity contribution in [2.24, 2.45) is 0 Å². The fourth-order valence-corrected chi connectivity index (χ4v) is 2.09. The smallest absolute Gasteiger partial charge is 0.335 e. The van der Waals surface area contributed by atoms with E-state index >= 15 is 0 Å². The third kappa shape index (κ3) is 3.15. The van der Waals surface area contributed by atoms with Gasteiger partial charge in [-0.25, -0.2) is 4.79 Å². The van der Waals surface area contributed by atoms with Crippen LogP contribution in [0.4, 0.5) is 0 Å². The van der Waals surface area contributed by atoms with Crippen molar-refractivity contribution in [3.8, 4) is 11.5 Å². The summed E-state index contributed by atoms with van der Waals surface area (Å²) in [5.74, 6) is 0.447. The van der Waals surface area contributed by atoms with Crippen LogP contribution in [0, 0.1) is 13.8 Å². The highest BCUT2D eigenvalue weighted by atomic mass is 79.9. The van der Waals surface area contributed by atoms with Gasteiger partial charge in [-0.15, -0.1) is 0 Å². The highest BCUT2D eigenvalue weighted by Crippen LogP contribution is 2.29. The van der Waals surface area contributed by atoms with Gasteiger partial charge < -0.3 is 9.84 Å². The lowest BCUT2D eigenvalue weighted by Gasteiger charge is -2.10. The summed E-state index contributed by atoms with van der Waals surface area (Å²) in [6.07, 6.45) is 0. The number of carbonyl (C=O) groups is 1. The first-order chi connectivity index (χ1) is 8.97. The molecule has 0 aromatic heterocycles. The van der Waals surface area contributed by atoms with Gasteiger partial charge >= 0.3 is 5.97 Å². The first kappa shape index (κ1) is 13.6. The molecule has 0 amide bonds. The molecule has 0 atom stereocenters. The van der Waals surface area contributed by atoms with Crippen molar-refractivity contribution in [1.82, 2.24) is 0 Å². The molecule has 2 aromatic rings. The summed E-state index contributed by atoms with van der Waals surface area (Å²) in [6, 6.07) is 10.7. The van der Waals surface area contributed by atoms with Crippen LogP contribution in [-0.2, 0) is 0 Å². The maximum absolute atomic E-state index is 10.9. The number of hydrogen-bond acceptors (Lipinski definition) is 2. The first-order valence-corrected chi connectivity index (χ1v) is 6.54. The average molecular weight is 321 g/mol. The minimum Gasteiger partial charge on any atom is -0.478 e. The molecule has 98 valence electrons. The maximum atomic E-state index is 10.9. The molecule has 1 N–H and O–H groups in total. The van der Waals surface area contributed by atoms with E-state index in [1.54, 1.807) is 25.1 Å². The van der Waals surface area contributed by atoms with E-state index < -0.39 is 5.97 Å². The van der Waals surface area contributed by atoms with Crippen LogP contribution >= 0.6 is 15.9 Å². The Bertz CT molecular complexity index is 635. The summed E-state index contributed by atoms with van der Waals surface area (Å²) in [4.78, 5) is 10.9. The minimum absolute atomic E-state index is 0.290. The number of hydrogen-bond donors (Lipinski definition) is 1. The van der Waals surface area contributed by atoms with Gasteiger partial charge in [0.25, 0.3) is 0 Å². The molecule has 0 saturated carbocycles. The molecule has 0 spiro atoms. The molecule has 0 bridgehead atoms. The number of aryl methyl sites for hydroxylation is 2. The zero-order valence-corrected chi connectivity index (χ0v) is 12.2. The van der Waals surface area contributed by atoms with Gasteiger partial charge in [0.05, 0.1) is 5.56 Å². The van der Waals surface area contributed by atoms with E-state index in [0.29, 0.717) is 16.9 Å². The molecule has 0 saturated heterocycles. The van der Waals surface area contributed by atoms with Gasteiger partial charge in [0, 0.05) is 4.47 Å². The molecular weight excluding hydrogens is 308 g/mol. The Balaban J connectivity index is 2.31. The molecule has 0 heterocycles. The second-order valence-electron chi connectivity index (χ2n) is 4.29. The van der Waals surface area contributed by atoms with Crippen LogP contribution in [0.1, 0.15) is 21.5 Å². The van der Waals surface area contributed by atoms with Crippen molar-refractivity contribution in [3.05, 3.63) is 57.6 Å². The molecule has 2 aromatic carbocycles. The van der Waals surface area contributed by atoms with Crippen LogP contribution in [-0.4, -0.2) is 11.1 Å². The van der Waals surface area contributed by atoms with Crippen LogP contribution in [0.25, 0.3) is 0 Å². The number of ether oxygens (including phenoxy) is 1. The van der Waals surface area contributed by atoms with Gasteiger partial charge in [0.1, 0.15) is 11.5 Å². The summed E-state index contributed by atoms with van der Waals surface area (Å²) in [5.41, 5.74) is 1.99. The van der Waals surface area contributed by atoms with Crippen molar-refractivity contribution >= 4 is 21.9 Å². The van der Waals surface area contributed by atoms with E-state index in [9.17, 15) is 4.79 Å². The summed E-state index contributed by atoms with van der Waals surface area (Å²) in [7, 11) is 0. The van der Waals surface area contributed by atoms with Gasteiger partial charge in [-0.2, -0.15) is 0 Å². The van der Waals surface area contributed by atoms with Crippen LogP contribution in [0.5, 0.6) is 11.5 Å². The Labute approximate surface area is 120 Å². The van der Waals surface area contributed by atoms with Crippen molar-refractivity contribution in [2.45, 2.75) is 13.8 Å². The van der Waals surface area contributed by atoms with E-state index in [1.807, 2.05) is 25.1 Å². The van der Waals surface area contributed by atoms with E-state index in [-0.39, 0.29) is 0 Å². The fourth-order valence-electron chi connectivity index (χ4n) is 1.75. The Kier molecular flexibility index (Phi) is 3.90. The number of benzene rings is 2. The van der Waals surface area contributed by atoms with E-state index in [2.05, 4.69) is 15.9 Å². The lowest BCUT2D eigenvalue weighted by molar-refractivity contribution is 0.0696. The average Bonchev–Trinajstić information content (AvgIpc) is 2.33. The Morgan fingerprint density at radius 3 is 2.47 bits per heavy atom. The summed E-state index contributed by atoms with van der Waals surface area (Å²) in [6.45, 7) is 3.71. The number of carboxylic acids is 1. The highest BCUT2D eigenvalue weighted by molar-refractivity contribution is 9.10.